The highest BCUT2D eigenvalue weighted by atomic mass is 16.5. The van der Waals surface area contributed by atoms with Crippen LogP contribution in [-0.2, 0) is 11.3 Å². The van der Waals surface area contributed by atoms with Gasteiger partial charge >= 0.3 is 0 Å². The van der Waals surface area contributed by atoms with Gasteiger partial charge < -0.3 is 20.0 Å². The zero-order chi connectivity index (χ0) is 11.3. The summed E-state index contributed by atoms with van der Waals surface area (Å²) in [6, 6.07) is 0. The lowest BCUT2D eigenvalue weighted by atomic mass is 10.3. The van der Waals surface area contributed by atoms with E-state index in [1.54, 1.807) is 20.4 Å². The fourth-order valence-corrected chi connectivity index (χ4v) is 1.37. The van der Waals surface area contributed by atoms with Gasteiger partial charge in [-0.25, -0.2) is 4.98 Å². The summed E-state index contributed by atoms with van der Waals surface area (Å²) in [7, 11) is 1.67. The first-order valence-electron chi connectivity index (χ1n) is 5.04. The molecule has 0 fully saturated rings. The molecule has 0 saturated heterocycles. The van der Waals surface area contributed by atoms with Crippen LogP contribution in [0.15, 0.2) is 6.33 Å². The predicted octanol–water partition coefficient (Wildman–Crippen LogP) is 1.35. The summed E-state index contributed by atoms with van der Waals surface area (Å²) in [5.41, 5.74) is 1.19. The lowest BCUT2D eigenvalue weighted by Gasteiger charge is -2.09. The van der Waals surface area contributed by atoms with E-state index in [2.05, 4.69) is 10.3 Å². The fraction of sp³-hybridized carbons (Fsp3) is 0.600. The Morgan fingerprint density at radius 2 is 2.40 bits per heavy atom. The number of imidazole rings is 1. The van der Waals surface area contributed by atoms with E-state index in [0.29, 0.717) is 18.0 Å². The number of rotatable bonds is 6. The molecule has 5 heteroatoms. The topological polar surface area (TPSA) is 62.9 Å². The van der Waals surface area contributed by atoms with E-state index >= 15 is 0 Å². The van der Waals surface area contributed by atoms with Crippen LogP contribution >= 0.6 is 0 Å². The van der Waals surface area contributed by atoms with E-state index in [1.165, 1.54) is 0 Å². The molecule has 5 nitrogen and oxygen atoms in total. The second-order valence-electron chi connectivity index (χ2n) is 3.28. The number of hydrogen-bond donors (Lipinski definition) is 2. The molecule has 0 unspecified atom stereocenters. The number of hydrogen-bond acceptors (Lipinski definition) is 4. The molecule has 0 aliphatic carbocycles. The van der Waals surface area contributed by atoms with Crippen molar-refractivity contribution in [2.75, 3.05) is 25.6 Å². The van der Waals surface area contributed by atoms with Crippen LogP contribution in [0.3, 0.4) is 0 Å². The van der Waals surface area contributed by atoms with Crippen LogP contribution in [0.1, 0.15) is 19.5 Å². The summed E-state index contributed by atoms with van der Waals surface area (Å²) in [5, 5.41) is 10.8. The van der Waals surface area contributed by atoms with Crippen LogP contribution < -0.4 is 5.32 Å². The van der Waals surface area contributed by atoms with Crippen molar-refractivity contribution in [1.82, 2.24) is 9.55 Å². The van der Waals surface area contributed by atoms with Crippen LogP contribution in [0.25, 0.3) is 0 Å². The highest BCUT2D eigenvalue weighted by Gasteiger charge is 2.11. The molecule has 1 heterocycles. The maximum Gasteiger partial charge on any atom is 0.135 e. The Hall–Kier alpha value is -1.36. The van der Waals surface area contributed by atoms with Crippen molar-refractivity contribution >= 4 is 11.5 Å². The summed E-state index contributed by atoms with van der Waals surface area (Å²) < 4.78 is 6.99. The molecular weight excluding hydrogens is 192 g/mol. The molecule has 0 aliphatic heterocycles. The van der Waals surface area contributed by atoms with Crippen LogP contribution in [0.4, 0.5) is 5.82 Å². The van der Waals surface area contributed by atoms with E-state index < -0.39 is 0 Å². The van der Waals surface area contributed by atoms with E-state index in [1.807, 2.05) is 11.5 Å². The van der Waals surface area contributed by atoms with Crippen molar-refractivity contribution < 1.29 is 4.74 Å². The first-order valence-corrected chi connectivity index (χ1v) is 5.04. The van der Waals surface area contributed by atoms with Crippen LogP contribution in [-0.4, -0.2) is 35.5 Å². The van der Waals surface area contributed by atoms with Gasteiger partial charge in [0.1, 0.15) is 11.5 Å². The monoisotopic (exact) mass is 210 g/mol. The Morgan fingerprint density at radius 3 is 2.93 bits per heavy atom. The number of nitrogens with one attached hydrogen (secondary N) is 2. The van der Waals surface area contributed by atoms with E-state index in [-0.39, 0.29) is 0 Å². The second-order valence-corrected chi connectivity index (χ2v) is 3.28. The van der Waals surface area contributed by atoms with E-state index in [9.17, 15) is 0 Å². The minimum Gasteiger partial charge on any atom is -0.383 e. The van der Waals surface area contributed by atoms with Crippen molar-refractivity contribution in [3.63, 3.8) is 0 Å². The molecule has 2 N–H and O–H groups in total. The summed E-state index contributed by atoms with van der Waals surface area (Å²) in [6.45, 7) is 5.98. The molecule has 1 aromatic heterocycles. The van der Waals surface area contributed by atoms with Crippen molar-refractivity contribution in [2.24, 2.45) is 0 Å². The lowest BCUT2D eigenvalue weighted by Crippen LogP contribution is -2.11. The number of nitrogens with zero attached hydrogens (tertiary/aromatic N) is 2. The van der Waals surface area contributed by atoms with E-state index in [0.717, 1.165) is 18.9 Å². The van der Waals surface area contributed by atoms with Gasteiger partial charge in [0.25, 0.3) is 0 Å². The number of methoxy groups -OCH3 is 1. The molecule has 1 aromatic rings. The molecule has 0 aromatic carbocycles. The summed E-state index contributed by atoms with van der Waals surface area (Å²) in [6.07, 6.45) is 1.74. The molecule has 0 amide bonds. The van der Waals surface area contributed by atoms with Gasteiger partial charge in [0, 0.05) is 20.2 Å². The molecule has 0 radical (unpaired) electrons. The molecule has 84 valence electrons. The zero-order valence-electron chi connectivity index (χ0n) is 9.50. The van der Waals surface area contributed by atoms with Crippen LogP contribution in [0, 0.1) is 5.41 Å². The van der Waals surface area contributed by atoms with Gasteiger partial charge in [0.05, 0.1) is 18.6 Å². The Balaban J connectivity index is 2.90. The predicted molar refractivity (Wildman–Crippen MR) is 60.8 cm³/mol. The van der Waals surface area contributed by atoms with Crippen LogP contribution in [0.5, 0.6) is 0 Å². The minimum absolute atomic E-state index is 0.474. The molecule has 0 aliphatic rings. The normalized spacial score (nSPS) is 10.3. The molecule has 0 saturated carbocycles. The Kier molecular flexibility index (Phi) is 4.30. The van der Waals surface area contributed by atoms with Crippen molar-refractivity contribution in [3.8, 4) is 0 Å². The SMILES string of the molecule is CCNc1c(C(C)=N)ncn1CCOC. The zero-order valence-corrected chi connectivity index (χ0v) is 9.50. The summed E-state index contributed by atoms with van der Waals surface area (Å²) in [4.78, 5) is 4.21. The number of anilines is 1. The molecular formula is C10H18N4O. The number of ether oxygens (including phenoxy) is 1. The minimum atomic E-state index is 0.474. The van der Waals surface area contributed by atoms with Crippen LogP contribution in [0.2, 0.25) is 0 Å². The van der Waals surface area contributed by atoms with Gasteiger partial charge in [0.2, 0.25) is 0 Å². The van der Waals surface area contributed by atoms with Crippen molar-refractivity contribution in [3.05, 3.63) is 12.0 Å². The van der Waals surface area contributed by atoms with Gasteiger partial charge in [-0.1, -0.05) is 0 Å². The molecule has 1 rings (SSSR count). The van der Waals surface area contributed by atoms with E-state index in [4.69, 9.17) is 10.1 Å². The quantitative estimate of drug-likeness (QED) is 0.697. The van der Waals surface area contributed by atoms with Gasteiger partial charge in [-0.15, -0.1) is 0 Å². The third-order valence-corrected chi connectivity index (χ3v) is 2.07. The van der Waals surface area contributed by atoms with Gasteiger partial charge in [-0.2, -0.15) is 0 Å². The van der Waals surface area contributed by atoms with Crippen molar-refractivity contribution in [1.29, 1.82) is 5.41 Å². The summed E-state index contributed by atoms with van der Waals surface area (Å²) in [5.74, 6) is 0.905. The first-order chi connectivity index (χ1) is 7.20. The highest BCUT2D eigenvalue weighted by molar-refractivity contribution is 5.98. The van der Waals surface area contributed by atoms with Crippen molar-refractivity contribution in [2.45, 2.75) is 20.4 Å². The van der Waals surface area contributed by atoms with Gasteiger partial charge in [-0.05, 0) is 13.8 Å². The highest BCUT2D eigenvalue weighted by Crippen LogP contribution is 2.14. The Morgan fingerprint density at radius 1 is 1.67 bits per heavy atom. The maximum atomic E-state index is 7.60. The Bertz CT molecular complexity index is 332. The van der Waals surface area contributed by atoms with Gasteiger partial charge in [0.15, 0.2) is 0 Å². The molecule has 0 spiro atoms. The third kappa shape index (κ3) is 2.79. The fourth-order valence-electron chi connectivity index (χ4n) is 1.37. The number of aromatic nitrogens is 2. The Labute approximate surface area is 90.0 Å². The van der Waals surface area contributed by atoms with Gasteiger partial charge in [-0.3, -0.25) is 0 Å². The third-order valence-electron chi connectivity index (χ3n) is 2.07. The summed E-state index contributed by atoms with van der Waals surface area (Å²) >= 11 is 0. The second kappa shape index (κ2) is 5.50. The largest absolute Gasteiger partial charge is 0.383 e. The lowest BCUT2D eigenvalue weighted by molar-refractivity contribution is 0.187. The smallest absolute Gasteiger partial charge is 0.135 e. The standard InChI is InChI=1S/C10H18N4O/c1-4-12-10-9(8(2)11)13-7-14(10)5-6-15-3/h7,11-12H,4-6H2,1-3H3. The molecule has 0 atom stereocenters. The average molecular weight is 210 g/mol. The first kappa shape index (κ1) is 11.7. The molecule has 0 bridgehead atoms. The maximum absolute atomic E-state index is 7.60. The molecule has 15 heavy (non-hydrogen) atoms. The average Bonchev–Trinajstić information content (AvgIpc) is 2.59.